The van der Waals surface area contributed by atoms with E-state index in [2.05, 4.69) is 24.5 Å². The maximum absolute atomic E-state index is 11.8. The first-order valence-corrected chi connectivity index (χ1v) is 6.79. The second-order valence-corrected chi connectivity index (χ2v) is 5.13. The molecule has 4 heteroatoms. The van der Waals surface area contributed by atoms with E-state index in [0.29, 0.717) is 12.3 Å². The van der Waals surface area contributed by atoms with Crippen LogP contribution in [0.5, 0.6) is 0 Å². The van der Waals surface area contributed by atoms with Crippen molar-refractivity contribution in [3.05, 3.63) is 29.8 Å². The molecule has 1 unspecified atom stereocenters. The first kappa shape index (κ1) is 15.5. The third-order valence-corrected chi connectivity index (χ3v) is 3.17. The molecule has 1 aromatic rings. The van der Waals surface area contributed by atoms with Gasteiger partial charge in [-0.05, 0) is 37.0 Å². The molecule has 0 spiro atoms. The van der Waals surface area contributed by atoms with Crippen molar-refractivity contribution in [2.24, 2.45) is 0 Å². The monoisotopic (exact) mass is 264 g/mol. The minimum atomic E-state index is -0.556. The highest BCUT2D eigenvalue weighted by atomic mass is 16.3. The molecule has 0 fully saturated rings. The zero-order valence-corrected chi connectivity index (χ0v) is 12.1. The molecule has 2 atom stereocenters. The standard InChI is InChI=1S/C15H24N2O2/c1-5-14(11(4)18)17-15(19)16-13-8-6-12(7-9-13)10(2)3/h6-11,14,18H,5H2,1-4H3,(H2,16,17,19)/t11-,14?/m0/s1. The van der Waals surface area contributed by atoms with E-state index in [4.69, 9.17) is 0 Å². The maximum atomic E-state index is 11.8. The SMILES string of the molecule is CCC(NC(=O)Nc1ccc(C(C)C)cc1)[C@H](C)O. The largest absolute Gasteiger partial charge is 0.391 e. The number of aliphatic hydroxyl groups excluding tert-OH is 1. The van der Waals surface area contributed by atoms with Crippen LogP contribution < -0.4 is 10.6 Å². The van der Waals surface area contributed by atoms with Crippen molar-refractivity contribution in [3.8, 4) is 0 Å². The van der Waals surface area contributed by atoms with Crippen LogP contribution in [0.2, 0.25) is 0 Å². The number of urea groups is 1. The highest BCUT2D eigenvalue weighted by Crippen LogP contribution is 2.17. The number of carbonyl (C=O) groups excluding carboxylic acids is 1. The van der Waals surface area contributed by atoms with E-state index in [9.17, 15) is 9.90 Å². The Labute approximate surface area is 115 Å². The smallest absolute Gasteiger partial charge is 0.319 e. The summed E-state index contributed by atoms with van der Waals surface area (Å²) in [7, 11) is 0. The number of aliphatic hydroxyl groups is 1. The van der Waals surface area contributed by atoms with Gasteiger partial charge in [0.15, 0.2) is 0 Å². The van der Waals surface area contributed by atoms with Gasteiger partial charge in [-0.15, -0.1) is 0 Å². The van der Waals surface area contributed by atoms with Gasteiger partial charge < -0.3 is 15.7 Å². The summed E-state index contributed by atoms with van der Waals surface area (Å²) >= 11 is 0. The summed E-state index contributed by atoms with van der Waals surface area (Å²) in [6, 6.07) is 7.27. The van der Waals surface area contributed by atoms with Gasteiger partial charge in [0.05, 0.1) is 12.1 Å². The Morgan fingerprint density at radius 1 is 1.21 bits per heavy atom. The van der Waals surface area contributed by atoms with E-state index < -0.39 is 6.10 Å². The summed E-state index contributed by atoms with van der Waals surface area (Å²) < 4.78 is 0. The number of anilines is 1. The lowest BCUT2D eigenvalue weighted by atomic mass is 10.0. The lowest BCUT2D eigenvalue weighted by Crippen LogP contribution is -2.43. The highest BCUT2D eigenvalue weighted by Gasteiger charge is 2.15. The fourth-order valence-electron chi connectivity index (χ4n) is 1.85. The van der Waals surface area contributed by atoms with E-state index in [1.54, 1.807) is 6.92 Å². The van der Waals surface area contributed by atoms with Crippen LogP contribution in [0.25, 0.3) is 0 Å². The predicted molar refractivity (Wildman–Crippen MR) is 78.4 cm³/mol. The van der Waals surface area contributed by atoms with Crippen LogP contribution in [0, 0.1) is 0 Å². The Morgan fingerprint density at radius 3 is 2.21 bits per heavy atom. The molecular weight excluding hydrogens is 240 g/mol. The van der Waals surface area contributed by atoms with Crippen molar-refractivity contribution < 1.29 is 9.90 Å². The molecule has 0 bridgehead atoms. The van der Waals surface area contributed by atoms with E-state index in [1.165, 1.54) is 5.56 Å². The lowest BCUT2D eigenvalue weighted by Gasteiger charge is -2.20. The minimum absolute atomic E-state index is 0.227. The first-order valence-electron chi connectivity index (χ1n) is 6.79. The van der Waals surface area contributed by atoms with Crippen molar-refractivity contribution >= 4 is 11.7 Å². The van der Waals surface area contributed by atoms with Crippen molar-refractivity contribution in [1.29, 1.82) is 0 Å². The number of carbonyl (C=O) groups is 1. The summed E-state index contributed by atoms with van der Waals surface area (Å²) in [5, 5.41) is 15.0. The lowest BCUT2D eigenvalue weighted by molar-refractivity contribution is 0.145. The summed E-state index contributed by atoms with van der Waals surface area (Å²) in [6.45, 7) is 7.86. The third kappa shape index (κ3) is 4.91. The number of amides is 2. The summed E-state index contributed by atoms with van der Waals surface area (Å²) in [4.78, 5) is 11.8. The van der Waals surface area contributed by atoms with Crippen LogP contribution in [-0.2, 0) is 0 Å². The molecule has 0 heterocycles. The molecule has 0 saturated heterocycles. The minimum Gasteiger partial charge on any atom is -0.391 e. The average Bonchev–Trinajstić information content (AvgIpc) is 2.36. The van der Waals surface area contributed by atoms with Crippen LogP contribution in [0.3, 0.4) is 0 Å². The third-order valence-electron chi connectivity index (χ3n) is 3.17. The molecular formula is C15H24N2O2. The molecule has 3 N–H and O–H groups in total. The summed E-state index contributed by atoms with van der Waals surface area (Å²) in [6.07, 6.45) is 0.135. The second kappa shape index (κ2) is 7.14. The second-order valence-electron chi connectivity index (χ2n) is 5.13. The van der Waals surface area contributed by atoms with Gasteiger partial charge >= 0.3 is 6.03 Å². The predicted octanol–water partition coefficient (Wildman–Crippen LogP) is 3.09. The average molecular weight is 264 g/mol. The number of rotatable bonds is 5. The van der Waals surface area contributed by atoms with Crippen LogP contribution >= 0.6 is 0 Å². The zero-order valence-electron chi connectivity index (χ0n) is 12.1. The van der Waals surface area contributed by atoms with E-state index in [-0.39, 0.29) is 12.1 Å². The van der Waals surface area contributed by atoms with Crippen molar-refractivity contribution in [2.45, 2.75) is 52.2 Å². The molecule has 0 aliphatic heterocycles. The Bertz CT molecular complexity index is 399. The Balaban J connectivity index is 2.57. The molecule has 1 aromatic carbocycles. The molecule has 2 amide bonds. The Kier molecular flexibility index (Phi) is 5.83. The first-order chi connectivity index (χ1) is 8.93. The molecule has 0 saturated carbocycles. The van der Waals surface area contributed by atoms with Gasteiger partial charge in [-0.2, -0.15) is 0 Å². The normalized spacial score (nSPS) is 14.0. The fourth-order valence-corrected chi connectivity index (χ4v) is 1.85. The maximum Gasteiger partial charge on any atom is 0.319 e. The van der Waals surface area contributed by atoms with Gasteiger partial charge in [0.2, 0.25) is 0 Å². The number of nitrogens with one attached hydrogen (secondary N) is 2. The van der Waals surface area contributed by atoms with Crippen LogP contribution in [0.4, 0.5) is 10.5 Å². The molecule has 0 aliphatic rings. The van der Waals surface area contributed by atoms with Crippen LogP contribution in [0.1, 0.15) is 45.6 Å². The van der Waals surface area contributed by atoms with Crippen LogP contribution in [0.15, 0.2) is 24.3 Å². The molecule has 4 nitrogen and oxygen atoms in total. The summed E-state index contributed by atoms with van der Waals surface area (Å²) in [5.74, 6) is 0.475. The Hall–Kier alpha value is -1.55. The highest BCUT2D eigenvalue weighted by molar-refractivity contribution is 5.89. The van der Waals surface area contributed by atoms with E-state index >= 15 is 0 Å². The summed E-state index contributed by atoms with van der Waals surface area (Å²) in [5.41, 5.74) is 1.99. The van der Waals surface area contributed by atoms with Gasteiger partial charge in [-0.25, -0.2) is 4.79 Å². The quantitative estimate of drug-likeness (QED) is 0.765. The van der Waals surface area contributed by atoms with Gasteiger partial charge in [0, 0.05) is 5.69 Å². The van der Waals surface area contributed by atoms with E-state index in [1.807, 2.05) is 31.2 Å². The number of hydrogen-bond donors (Lipinski definition) is 3. The molecule has 0 aliphatic carbocycles. The van der Waals surface area contributed by atoms with Crippen LogP contribution in [-0.4, -0.2) is 23.3 Å². The number of hydrogen-bond acceptors (Lipinski definition) is 2. The topological polar surface area (TPSA) is 61.4 Å². The molecule has 19 heavy (non-hydrogen) atoms. The number of benzene rings is 1. The van der Waals surface area contributed by atoms with Gasteiger partial charge in [-0.3, -0.25) is 0 Å². The van der Waals surface area contributed by atoms with E-state index in [0.717, 1.165) is 5.69 Å². The van der Waals surface area contributed by atoms with Gasteiger partial charge in [0.25, 0.3) is 0 Å². The van der Waals surface area contributed by atoms with Crippen molar-refractivity contribution in [3.63, 3.8) is 0 Å². The zero-order chi connectivity index (χ0) is 14.4. The fraction of sp³-hybridized carbons (Fsp3) is 0.533. The molecule has 106 valence electrons. The van der Waals surface area contributed by atoms with Gasteiger partial charge in [-0.1, -0.05) is 32.9 Å². The molecule has 0 aromatic heterocycles. The van der Waals surface area contributed by atoms with Gasteiger partial charge in [0.1, 0.15) is 0 Å². The molecule has 0 radical (unpaired) electrons. The van der Waals surface area contributed by atoms with Crippen molar-refractivity contribution in [1.82, 2.24) is 5.32 Å². The Morgan fingerprint density at radius 2 is 1.79 bits per heavy atom. The van der Waals surface area contributed by atoms with Crippen molar-refractivity contribution in [2.75, 3.05) is 5.32 Å². The molecule has 1 rings (SSSR count).